The average molecular weight is 370 g/mol. The Labute approximate surface area is 155 Å². The van der Waals surface area contributed by atoms with Gasteiger partial charge in [0.25, 0.3) is 0 Å². The molecule has 3 rings (SSSR count). The number of carbonyl (C=O) groups is 1. The molecule has 0 fully saturated rings. The van der Waals surface area contributed by atoms with Gasteiger partial charge in [-0.05, 0) is 47.9 Å². The second kappa shape index (κ2) is 7.66. The van der Waals surface area contributed by atoms with E-state index >= 15 is 0 Å². The summed E-state index contributed by atoms with van der Waals surface area (Å²) in [7, 11) is 0. The van der Waals surface area contributed by atoms with Crippen LogP contribution in [0.5, 0.6) is 5.75 Å². The summed E-state index contributed by atoms with van der Waals surface area (Å²) >= 11 is 0. The molecule has 0 bridgehead atoms. The highest BCUT2D eigenvalue weighted by molar-refractivity contribution is 5.91. The van der Waals surface area contributed by atoms with Crippen molar-refractivity contribution in [2.75, 3.05) is 0 Å². The van der Waals surface area contributed by atoms with Crippen molar-refractivity contribution in [2.45, 2.75) is 19.5 Å². The van der Waals surface area contributed by atoms with Gasteiger partial charge in [0.05, 0.1) is 12.0 Å². The molecule has 0 saturated heterocycles. The number of alkyl halides is 3. The minimum atomic E-state index is -4.22. The molecular weight excluding hydrogens is 353 g/mol. The summed E-state index contributed by atoms with van der Waals surface area (Å²) in [6.07, 6.45) is -5.16. The number of hydrogen-bond donors (Lipinski definition) is 0. The Morgan fingerprint density at radius 3 is 1.85 bits per heavy atom. The molecule has 3 aromatic rings. The highest BCUT2D eigenvalue weighted by Gasteiger charge is 2.27. The molecule has 27 heavy (non-hydrogen) atoms. The maximum Gasteiger partial charge on any atom is 0.393 e. The standard InChI is InChI=1S/C22H17F3O2/c1-15-2-6-19(7-3-15)21(26)27-20-12-10-18(11-13-20)17-8-4-16(5-9-17)14-22(23,24)25/h2-13H,14H2,1H3. The number of carbonyl (C=O) groups excluding carboxylic acids is 1. The van der Waals surface area contributed by atoms with Crippen LogP contribution < -0.4 is 4.74 Å². The fourth-order valence-electron chi connectivity index (χ4n) is 2.62. The van der Waals surface area contributed by atoms with Crippen LogP contribution in [0, 0.1) is 6.92 Å². The lowest BCUT2D eigenvalue weighted by atomic mass is 10.0. The van der Waals surface area contributed by atoms with Gasteiger partial charge in [-0.25, -0.2) is 4.79 Å². The Morgan fingerprint density at radius 2 is 1.33 bits per heavy atom. The Morgan fingerprint density at radius 1 is 0.815 bits per heavy atom. The van der Waals surface area contributed by atoms with E-state index in [4.69, 9.17) is 4.74 Å². The number of benzene rings is 3. The predicted octanol–water partition coefficient (Wildman–Crippen LogP) is 5.99. The number of halogens is 3. The van der Waals surface area contributed by atoms with Crippen molar-refractivity contribution in [3.63, 3.8) is 0 Å². The molecule has 0 amide bonds. The van der Waals surface area contributed by atoms with Gasteiger partial charge < -0.3 is 4.74 Å². The molecule has 3 aromatic carbocycles. The van der Waals surface area contributed by atoms with Crippen LogP contribution in [0.2, 0.25) is 0 Å². The van der Waals surface area contributed by atoms with Gasteiger partial charge in [-0.15, -0.1) is 0 Å². The summed E-state index contributed by atoms with van der Waals surface area (Å²) < 4.78 is 42.6. The second-order valence-corrected chi connectivity index (χ2v) is 6.27. The molecule has 0 N–H and O–H groups in total. The third kappa shape index (κ3) is 5.20. The van der Waals surface area contributed by atoms with Crippen molar-refractivity contribution in [3.8, 4) is 16.9 Å². The first-order valence-electron chi connectivity index (χ1n) is 8.35. The summed E-state index contributed by atoms with van der Waals surface area (Å²) in [5.74, 6) is -0.0442. The smallest absolute Gasteiger partial charge is 0.393 e. The van der Waals surface area contributed by atoms with Gasteiger partial charge >= 0.3 is 12.1 Å². The molecule has 0 aliphatic carbocycles. The van der Waals surface area contributed by atoms with E-state index in [9.17, 15) is 18.0 Å². The molecule has 138 valence electrons. The van der Waals surface area contributed by atoms with E-state index in [2.05, 4.69) is 0 Å². The van der Waals surface area contributed by atoms with Crippen molar-refractivity contribution < 1.29 is 22.7 Å². The first kappa shape index (κ1) is 18.7. The number of rotatable bonds is 4. The molecule has 0 saturated carbocycles. The monoisotopic (exact) mass is 370 g/mol. The second-order valence-electron chi connectivity index (χ2n) is 6.27. The van der Waals surface area contributed by atoms with E-state index in [1.54, 1.807) is 48.5 Å². The summed E-state index contributed by atoms with van der Waals surface area (Å²) in [6.45, 7) is 1.93. The average Bonchev–Trinajstić information content (AvgIpc) is 2.62. The minimum absolute atomic E-state index is 0.217. The molecule has 0 unspecified atom stereocenters. The third-order valence-corrected chi connectivity index (χ3v) is 4.04. The lowest BCUT2D eigenvalue weighted by molar-refractivity contribution is -0.127. The zero-order valence-corrected chi connectivity index (χ0v) is 14.6. The van der Waals surface area contributed by atoms with E-state index in [-0.39, 0.29) is 5.56 Å². The molecule has 0 aliphatic rings. The number of hydrogen-bond acceptors (Lipinski definition) is 2. The number of esters is 1. The molecule has 0 atom stereocenters. The summed E-state index contributed by atoms with van der Waals surface area (Å²) in [5, 5.41) is 0. The topological polar surface area (TPSA) is 26.3 Å². The maximum absolute atomic E-state index is 12.4. The SMILES string of the molecule is Cc1ccc(C(=O)Oc2ccc(-c3ccc(CC(F)(F)F)cc3)cc2)cc1. The lowest BCUT2D eigenvalue weighted by Crippen LogP contribution is -2.11. The predicted molar refractivity (Wildman–Crippen MR) is 97.8 cm³/mol. The summed E-state index contributed by atoms with van der Waals surface area (Å²) in [4.78, 5) is 12.1. The van der Waals surface area contributed by atoms with Crippen LogP contribution in [0.4, 0.5) is 13.2 Å². The van der Waals surface area contributed by atoms with Crippen LogP contribution >= 0.6 is 0 Å². The molecule has 2 nitrogen and oxygen atoms in total. The number of aryl methyl sites for hydroxylation is 1. The molecule has 0 radical (unpaired) electrons. The molecule has 0 spiro atoms. The van der Waals surface area contributed by atoms with Crippen LogP contribution in [0.15, 0.2) is 72.8 Å². The first-order valence-corrected chi connectivity index (χ1v) is 8.35. The van der Waals surface area contributed by atoms with Crippen LogP contribution in [0.3, 0.4) is 0 Å². The molecular formula is C22H17F3O2. The van der Waals surface area contributed by atoms with Crippen molar-refractivity contribution in [1.29, 1.82) is 0 Å². The summed E-state index contributed by atoms with van der Waals surface area (Å²) in [6, 6.07) is 20.1. The third-order valence-electron chi connectivity index (χ3n) is 4.04. The van der Waals surface area contributed by atoms with Gasteiger partial charge in [-0.3, -0.25) is 0 Å². The zero-order chi connectivity index (χ0) is 19.4. The van der Waals surface area contributed by atoms with Crippen molar-refractivity contribution in [2.24, 2.45) is 0 Å². The lowest BCUT2D eigenvalue weighted by Gasteiger charge is -2.08. The highest BCUT2D eigenvalue weighted by atomic mass is 19.4. The Balaban J connectivity index is 1.68. The fourth-order valence-corrected chi connectivity index (χ4v) is 2.62. The van der Waals surface area contributed by atoms with Gasteiger partial charge in [0, 0.05) is 0 Å². The highest BCUT2D eigenvalue weighted by Crippen LogP contribution is 2.26. The van der Waals surface area contributed by atoms with Crippen LogP contribution in [-0.4, -0.2) is 12.1 Å². The maximum atomic E-state index is 12.4. The van der Waals surface area contributed by atoms with E-state index < -0.39 is 18.6 Å². The van der Waals surface area contributed by atoms with E-state index in [0.29, 0.717) is 11.3 Å². The molecule has 0 aromatic heterocycles. The van der Waals surface area contributed by atoms with Crippen LogP contribution in [-0.2, 0) is 6.42 Å². The van der Waals surface area contributed by atoms with Crippen molar-refractivity contribution in [3.05, 3.63) is 89.5 Å². The molecule has 0 heterocycles. The zero-order valence-electron chi connectivity index (χ0n) is 14.6. The Kier molecular flexibility index (Phi) is 5.31. The van der Waals surface area contributed by atoms with E-state index in [1.165, 1.54) is 12.1 Å². The fraction of sp³-hybridized carbons (Fsp3) is 0.136. The Hall–Kier alpha value is -3.08. The van der Waals surface area contributed by atoms with Gasteiger partial charge in [-0.1, -0.05) is 54.1 Å². The van der Waals surface area contributed by atoms with Crippen LogP contribution in [0.25, 0.3) is 11.1 Å². The van der Waals surface area contributed by atoms with Crippen molar-refractivity contribution >= 4 is 5.97 Å². The molecule has 0 aliphatic heterocycles. The quantitative estimate of drug-likeness (QED) is 0.417. The number of ether oxygens (including phenoxy) is 1. The van der Waals surface area contributed by atoms with Crippen molar-refractivity contribution in [1.82, 2.24) is 0 Å². The summed E-state index contributed by atoms with van der Waals surface area (Å²) in [5.41, 5.74) is 3.35. The van der Waals surface area contributed by atoms with Crippen LogP contribution in [0.1, 0.15) is 21.5 Å². The normalized spacial score (nSPS) is 11.3. The van der Waals surface area contributed by atoms with Gasteiger partial charge in [-0.2, -0.15) is 13.2 Å². The molecule has 5 heteroatoms. The van der Waals surface area contributed by atoms with Gasteiger partial charge in [0.15, 0.2) is 0 Å². The van der Waals surface area contributed by atoms with Gasteiger partial charge in [0.2, 0.25) is 0 Å². The van der Waals surface area contributed by atoms with E-state index in [0.717, 1.165) is 16.7 Å². The minimum Gasteiger partial charge on any atom is -0.423 e. The van der Waals surface area contributed by atoms with E-state index in [1.807, 2.05) is 19.1 Å². The first-order chi connectivity index (χ1) is 12.8. The largest absolute Gasteiger partial charge is 0.423 e. The van der Waals surface area contributed by atoms with Gasteiger partial charge in [0.1, 0.15) is 5.75 Å². The Bertz CT molecular complexity index is 910.